The minimum Gasteiger partial charge on any atom is -0.481 e. The molecular formula is C14H26N2O4. The summed E-state index contributed by atoms with van der Waals surface area (Å²) in [6.45, 7) is 7.08. The van der Waals surface area contributed by atoms with Crippen LogP contribution in [0.2, 0.25) is 0 Å². The SMILES string of the molecule is COC1CCN(C(=O)NC(CC(=O)O)C(C)(C)C)CC1. The van der Waals surface area contributed by atoms with E-state index in [1.807, 2.05) is 20.8 Å². The summed E-state index contributed by atoms with van der Waals surface area (Å²) in [5, 5.41) is 11.8. The molecule has 0 saturated carbocycles. The molecule has 0 spiro atoms. The van der Waals surface area contributed by atoms with Crippen LogP contribution in [0.5, 0.6) is 0 Å². The lowest BCUT2D eigenvalue weighted by Gasteiger charge is -2.35. The maximum absolute atomic E-state index is 12.2. The molecule has 1 atom stereocenters. The largest absolute Gasteiger partial charge is 0.481 e. The highest BCUT2D eigenvalue weighted by atomic mass is 16.5. The zero-order chi connectivity index (χ0) is 15.3. The first-order valence-corrected chi connectivity index (χ1v) is 7.04. The van der Waals surface area contributed by atoms with E-state index in [1.165, 1.54) is 0 Å². The predicted molar refractivity (Wildman–Crippen MR) is 75.6 cm³/mol. The van der Waals surface area contributed by atoms with Gasteiger partial charge in [0.2, 0.25) is 0 Å². The second-order valence-electron chi connectivity index (χ2n) is 6.39. The lowest BCUT2D eigenvalue weighted by molar-refractivity contribution is -0.138. The van der Waals surface area contributed by atoms with Crippen molar-refractivity contribution in [3.63, 3.8) is 0 Å². The van der Waals surface area contributed by atoms with Crippen molar-refractivity contribution >= 4 is 12.0 Å². The Morgan fingerprint density at radius 3 is 2.30 bits per heavy atom. The van der Waals surface area contributed by atoms with E-state index in [0.717, 1.165) is 12.8 Å². The molecule has 1 rings (SSSR count). The van der Waals surface area contributed by atoms with Gasteiger partial charge in [0.15, 0.2) is 0 Å². The van der Waals surface area contributed by atoms with Crippen LogP contribution in [-0.4, -0.2) is 54.4 Å². The third-order valence-electron chi connectivity index (χ3n) is 3.78. The first-order chi connectivity index (χ1) is 9.24. The van der Waals surface area contributed by atoms with E-state index < -0.39 is 5.97 Å². The predicted octanol–water partition coefficient (Wildman–Crippen LogP) is 1.70. The number of likely N-dealkylation sites (tertiary alicyclic amines) is 1. The number of hydrogen-bond acceptors (Lipinski definition) is 3. The Labute approximate surface area is 120 Å². The Bertz CT molecular complexity index is 344. The number of ether oxygens (including phenoxy) is 1. The summed E-state index contributed by atoms with van der Waals surface area (Å²) >= 11 is 0. The molecule has 0 aliphatic carbocycles. The average molecular weight is 286 g/mol. The summed E-state index contributed by atoms with van der Waals surface area (Å²) in [5.74, 6) is -0.900. The van der Waals surface area contributed by atoms with Gasteiger partial charge in [-0.2, -0.15) is 0 Å². The number of nitrogens with one attached hydrogen (secondary N) is 1. The maximum Gasteiger partial charge on any atom is 0.317 e. The van der Waals surface area contributed by atoms with Gasteiger partial charge in [-0.15, -0.1) is 0 Å². The molecule has 1 unspecified atom stereocenters. The number of piperidine rings is 1. The third kappa shape index (κ3) is 5.00. The second-order valence-corrected chi connectivity index (χ2v) is 6.39. The van der Waals surface area contributed by atoms with Gasteiger partial charge in [-0.3, -0.25) is 4.79 Å². The number of carbonyl (C=O) groups excluding carboxylic acids is 1. The van der Waals surface area contributed by atoms with Crippen LogP contribution in [0.25, 0.3) is 0 Å². The number of carboxylic acid groups (broad SMARTS) is 1. The molecule has 6 heteroatoms. The van der Waals surface area contributed by atoms with Gasteiger partial charge in [0.1, 0.15) is 0 Å². The monoisotopic (exact) mass is 286 g/mol. The van der Waals surface area contributed by atoms with E-state index in [2.05, 4.69) is 5.32 Å². The lowest BCUT2D eigenvalue weighted by atomic mass is 9.85. The topological polar surface area (TPSA) is 78.9 Å². The van der Waals surface area contributed by atoms with Gasteiger partial charge in [0.25, 0.3) is 0 Å². The van der Waals surface area contributed by atoms with Gasteiger partial charge >= 0.3 is 12.0 Å². The summed E-state index contributed by atoms with van der Waals surface area (Å²) in [4.78, 5) is 24.9. The quantitative estimate of drug-likeness (QED) is 0.824. The van der Waals surface area contributed by atoms with Crippen molar-refractivity contribution in [3.8, 4) is 0 Å². The highest BCUT2D eigenvalue weighted by Gasteiger charge is 2.31. The van der Waals surface area contributed by atoms with Crippen molar-refractivity contribution < 1.29 is 19.4 Å². The first-order valence-electron chi connectivity index (χ1n) is 7.04. The van der Waals surface area contributed by atoms with E-state index in [0.29, 0.717) is 13.1 Å². The summed E-state index contributed by atoms with van der Waals surface area (Å²) in [7, 11) is 1.68. The molecule has 20 heavy (non-hydrogen) atoms. The fraction of sp³-hybridized carbons (Fsp3) is 0.857. The molecular weight excluding hydrogens is 260 g/mol. The number of aliphatic carboxylic acids is 1. The molecule has 1 aliphatic heterocycles. The molecule has 0 aromatic rings. The number of hydrogen-bond donors (Lipinski definition) is 2. The van der Waals surface area contributed by atoms with Gasteiger partial charge in [-0.05, 0) is 18.3 Å². The standard InChI is InChI=1S/C14H26N2O4/c1-14(2,3)11(9-12(17)18)15-13(19)16-7-5-10(20-4)6-8-16/h10-11H,5-9H2,1-4H3,(H,15,19)(H,17,18). The van der Waals surface area contributed by atoms with Gasteiger partial charge in [0.05, 0.1) is 12.5 Å². The molecule has 2 N–H and O–H groups in total. The smallest absolute Gasteiger partial charge is 0.317 e. The molecule has 2 amide bonds. The molecule has 6 nitrogen and oxygen atoms in total. The number of carbonyl (C=O) groups is 2. The minimum absolute atomic E-state index is 0.0657. The zero-order valence-electron chi connectivity index (χ0n) is 12.8. The van der Waals surface area contributed by atoms with Crippen LogP contribution in [0.1, 0.15) is 40.0 Å². The van der Waals surface area contributed by atoms with Gasteiger partial charge < -0.3 is 20.1 Å². The lowest BCUT2D eigenvalue weighted by Crippen LogP contribution is -2.52. The minimum atomic E-state index is -0.900. The Morgan fingerprint density at radius 1 is 1.35 bits per heavy atom. The zero-order valence-corrected chi connectivity index (χ0v) is 12.8. The van der Waals surface area contributed by atoms with Crippen molar-refractivity contribution in [2.45, 2.75) is 52.2 Å². The summed E-state index contributed by atoms with van der Waals surface area (Å²) in [6.07, 6.45) is 1.80. The van der Waals surface area contributed by atoms with Gasteiger partial charge in [-0.1, -0.05) is 20.8 Å². The van der Waals surface area contributed by atoms with E-state index in [1.54, 1.807) is 12.0 Å². The maximum atomic E-state index is 12.2. The molecule has 0 aromatic carbocycles. The van der Waals surface area contributed by atoms with Crippen LogP contribution < -0.4 is 5.32 Å². The van der Waals surface area contributed by atoms with Crippen molar-refractivity contribution in [3.05, 3.63) is 0 Å². The summed E-state index contributed by atoms with van der Waals surface area (Å²) in [6, 6.07) is -0.562. The fourth-order valence-corrected chi connectivity index (χ4v) is 2.28. The van der Waals surface area contributed by atoms with Crippen LogP contribution in [0.4, 0.5) is 4.79 Å². The molecule has 1 saturated heterocycles. The van der Waals surface area contributed by atoms with Crippen molar-refractivity contribution in [2.24, 2.45) is 5.41 Å². The molecule has 1 fully saturated rings. The number of rotatable bonds is 4. The average Bonchev–Trinajstić information content (AvgIpc) is 2.36. The van der Waals surface area contributed by atoms with Gasteiger partial charge in [-0.25, -0.2) is 4.79 Å². The number of methoxy groups -OCH3 is 1. The summed E-state index contributed by atoms with van der Waals surface area (Å²) in [5.41, 5.74) is -0.293. The van der Waals surface area contributed by atoms with E-state index in [9.17, 15) is 9.59 Å². The van der Waals surface area contributed by atoms with Crippen molar-refractivity contribution in [1.82, 2.24) is 10.2 Å². The van der Waals surface area contributed by atoms with Crippen LogP contribution in [0.3, 0.4) is 0 Å². The number of amides is 2. The molecule has 1 aliphatic rings. The Balaban J connectivity index is 2.56. The highest BCUT2D eigenvalue weighted by molar-refractivity contribution is 5.76. The molecule has 116 valence electrons. The van der Waals surface area contributed by atoms with Crippen LogP contribution in [0.15, 0.2) is 0 Å². The molecule has 0 aromatic heterocycles. The first kappa shape index (κ1) is 16.8. The molecule has 0 radical (unpaired) electrons. The number of carboxylic acids is 1. The van der Waals surface area contributed by atoms with Gasteiger partial charge in [0, 0.05) is 26.2 Å². The molecule has 0 bridgehead atoms. The van der Waals surface area contributed by atoms with Crippen molar-refractivity contribution in [1.29, 1.82) is 0 Å². The van der Waals surface area contributed by atoms with E-state index in [4.69, 9.17) is 9.84 Å². The number of urea groups is 1. The van der Waals surface area contributed by atoms with Crippen molar-refractivity contribution in [2.75, 3.05) is 20.2 Å². The number of nitrogens with zero attached hydrogens (tertiary/aromatic N) is 1. The Kier molecular flexibility index (Phi) is 5.80. The highest BCUT2D eigenvalue weighted by Crippen LogP contribution is 2.22. The Morgan fingerprint density at radius 2 is 1.90 bits per heavy atom. The summed E-state index contributed by atoms with van der Waals surface area (Å²) < 4.78 is 5.27. The molecule has 1 heterocycles. The normalized spacial score (nSPS) is 18.7. The fourth-order valence-electron chi connectivity index (χ4n) is 2.28. The van der Waals surface area contributed by atoms with E-state index >= 15 is 0 Å². The van der Waals surface area contributed by atoms with E-state index in [-0.39, 0.29) is 30.0 Å². The van der Waals surface area contributed by atoms with Crippen LogP contribution in [0, 0.1) is 5.41 Å². The van der Waals surface area contributed by atoms with Crippen LogP contribution >= 0.6 is 0 Å². The second kappa shape index (κ2) is 6.92. The third-order valence-corrected chi connectivity index (χ3v) is 3.78. The Hall–Kier alpha value is -1.30. The van der Waals surface area contributed by atoms with Crippen LogP contribution in [-0.2, 0) is 9.53 Å².